The van der Waals surface area contributed by atoms with Gasteiger partial charge in [-0.05, 0) is 18.4 Å². The van der Waals surface area contributed by atoms with Crippen molar-refractivity contribution in [2.24, 2.45) is 5.92 Å². The monoisotopic (exact) mass is 303 g/mol. The van der Waals surface area contributed by atoms with Crippen LogP contribution in [0.15, 0.2) is 30.3 Å². The smallest absolute Gasteiger partial charge is 0.234 e. The molecular formula is C18H29N3O. The lowest BCUT2D eigenvalue weighted by molar-refractivity contribution is -0.123. The number of hydrogen-bond acceptors (Lipinski definition) is 3. The van der Waals surface area contributed by atoms with Crippen LogP contribution in [-0.4, -0.2) is 54.5 Å². The molecule has 1 aromatic carbocycles. The number of amides is 1. The first-order valence-corrected chi connectivity index (χ1v) is 8.32. The summed E-state index contributed by atoms with van der Waals surface area (Å²) in [5, 5.41) is 3.08. The van der Waals surface area contributed by atoms with E-state index in [9.17, 15) is 4.79 Å². The van der Waals surface area contributed by atoms with Crippen molar-refractivity contribution in [2.75, 3.05) is 32.7 Å². The molecule has 22 heavy (non-hydrogen) atoms. The summed E-state index contributed by atoms with van der Waals surface area (Å²) < 4.78 is 0. The van der Waals surface area contributed by atoms with Crippen LogP contribution in [0.25, 0.3) is 0 Å². The molecule has 1 saturated heterocycles. The van der Waals surface area contributed by atoms with E-state index in [4.69, 9.17) is 0 Å². The van der Waals surface area contributed by atoms with Crippen molar-refractivity contribution in [1.82, 2.24) is 15.1 Å². The van der Waals surface area contributed by atoms with Crippen molar-refractivity contribution >= 4 is 5.91 Å². The molecule has 4 heteroatoms. The predicted octanol–water partition coefficient (Wildman–Crippen LogP) is 1.96. The van der Waals surface area contributed by atoms with E-state index >= 15 is 0 Å². The molecule has 0 bridgehead atoms. The maximum atomic E-state index is 12.0. The van der Waals surface area contributed by atoms with Gasteiger partial charge >= 0.3 is 0 Å². The molecule has 1 N–H and O–H groups in total. The second kappa shape index (κ2) is 8.30. The van der Waals surface area contributed by atoms with Crippen molar-refractivity contribution in [1.29, 1.82) is 0 Å². The van der Waals surface area contributed by atoms with Gasteiger partial charge in [-0.3, -0.25) is 14.6 Å². The Labute approximate surface area is 134 Å². The quantitative estimate of drug-likeness (QED) is 0.873. The molecule has 0 saturated carbocycles. The van der Waals surface area contributed by atoms with Gasteiger partial charge in [0.1, 0.15) is 0 Å². The Hall–Kier alpha value is -1.39. The molecule has 1 fully saturated rings. The van der Waals surface area contributed by atoms with Crippen LogP contribution >= 0.6 is 0 Å². The van der Waals surface area contributed by atoms with Gasteiger partial charge in [-0.25, -0.2) is 0 Å². The molecule has 0 spiro atoms. The van der Waals surface area contributed by atoms with Crippen LogP contribution in [0.1, 0.15) is 26.3 Å². The highest BCUT2D eigenvalue weighted by atomic mass is 16.2. The number of carbonyl (C=O) groups excluding carboxylic acids is 1. The minimum absolute atomic E-state index is 0.151. The predicted molar refractivity (Wildman–Crippen MR) is 90.6 cm³/mol. The molecule has 1 atom stereocenters. The second-order valence-electron chi connectivity index (χ2n) is 6.64. The SMILES string of the molecule is CC(C)[C@H](C)NC(=O)CN1CCN(Cc2ccccc2)CC1. The summed E-state index contributed by atoms with van der Waals surface area (Å²) in [6, 6.07) is 10.8. The fraction of sp³-hybridized carbons (Fsp3) is 0.611. The summed E-state index contributed by atoms with van der Waals surface area (Å²) in [6.45, 7) is 11.9. The van der Waals surface area contributed by atoms with Gasteiger partial charge < -0.3 is 5.32 Å². The van der Waals surface area contributed by atoms with Crippen LogP contribution in [0, 0.1) is 5.92 Å². The number of rotatable bonds is 6. The molecule has 0 aromatic heterocycles. The fourth-order valence-corrected chi connectivity index (χ4v) is 2.62. The topological polar surface area (TPSA) is 35.6 Å². The first kappa shape index (κ1) is 17.0. The molecule has 1 heterocycles. The first-order chi connectivity index (χ1) is 10.5. The summed E-state index contributed by atoms with van der Waals surface area (Å²) in [5.74, 6) is 0.629. The Balaban J connectivity index is 1.70. The number of benzene rings is 1. The molecule has 4 nitrogen and oxygen atoms in total. The van der Waals surface area contributed by atoms with E-state index < -0.39 is 0 Å². The highest BCUT2D eigenvalue weighted by molar-refractivity contribution is 5.78. The average Bonchev–Trinajstić information content (AvgIpc) is 2.50. The molecule has 122 valence electrons. The van der Waals surface area contributed by atoms with Gasteiger partial charge in [-0.15, -0.1) is 0 Å². The zero-order valence-corrected chi connectivity index (χ0v) is 14.1. The number of carbonyl (C=O) groups is 1. The van der Waals surface area contributed by atoms with Crippen LogP contribution in [0.4, 0.5) is 0 Å². The number of nitrogens with zero attached hydrogens (tertiary/aromatic N) is 2. The summed E-state index contributed by atoms with van der Waals surface area (Å²) in [6.07, 6.45) is 0. The molecule has 0 aliphatic carbocycles. The average molecular weight is 303 g/mol. The zero-order valence-electron chi connectivity index (χ0n) is 14.1. The number of piperazine rings is 1. The van der Waals surface area contributed by atoms with E-state index in [-0.39, 0.29) is 11.9 Å². The maximum Gasteiger partial charge on any atom is 0.234 e. The Kier molecular flexibility index (Phi) is 6.40. The second-order valence-corrected chi connectivity index (χ2v) is 6.64. The third-order valence-corrected chi connectivity index (χ3v) is 4.47. The summed E-state index contributed by atoms with van der Waals surface area (Å²) in [4.78, 5) is 16.7. The van der Waals surface area contributed by atoms with Crippen molar-refractivity contribution in [3.8, 4) is 0 Å². The highest BCUT2D eigenvalue weighted by Crippen LogP contribution is 2.08. The first-order valence-electron chi connectivity index (χ1n) is 8.32. The standard InChI is InChI=1S/C18H29N3O/c1-15(2)16(3)19-18(22)14-21-11-9-20(10-12-21)13-17-7-5-4-6-8-17/h4-8,15-16H,9-14H2,1-3H3,(H,19,22)/t16-/m0/s1. The summed E-state index contributed by atoms with van der Waals surface area (Å²) in [5.41, 5.74) is 1.36. The van der Waals surface area contributed by atoms with Gasteiger partial charge in [-0.2, -0.15) is 0 Å². The van der Waals surface area contributed by atoms with E-state index in [2.05, 4.69) is 66.2 Å². The molecule has 1 aliphatic rings. The Morgan fingerprint density at radius 2 is 1.64 bits per heavy atom. The van der Waals surface area contributed by atoms with Gasteiger partial charge in [0.15, 0.2) is 0 Å². The van der Waals surface area contributed by atoms with Crippen molar-refractivity contribution in [3.63, 3.8) is 0 Å². The zero-order chi connectivity index (χ0) is 15.9. The molecule has 1 aliphatic heterocycles. The van der Waals surface area contributed by atoms with E-state index in [1.807, 2.05) is 0 Å². The lowest BCUT2D eigenvalue weighted by atomic mass is 10.1. The molecule has 2 rings (SSSR count). The van der Waals surface area contributed by atoms with Gasteiger partial charge in [-0.1, -0.05) is 44.2 Å². The molecule has 0 unspecified atom stereocenters. The number of nitrogens with one attached hydrogen (secondary N) is 1. The maximum absolute atomic E-state index is 12.0. The Bertz CT molecular complexity index is 453. The van der Waals surface area contributed by atoms with Crippen LogP contribution in [0.3, 0.4) is 0 Å². The van der Waals surface area contributed by atoms with Gasteiger partial charge in [0.05, 0.1) is 6.54 Å². The molecule has 0 radical (unpaired) electrons. The van der Waals surface area contributed by atoms with E-state index in [1.54, 1.807) is 0 Å². The third kappa shape index (κ3) is 5.43. The summed E-state index contributed by atoms with van der Waals surface area (Å²) >= 11 is 0. The van der Waals surface area contributed by atoms with Crippen molar-refractivity contribution in [2.45, 2.75) is 33.4 Å². The van der Waals surface area contributed by atoms with Gasteiger partial charge in [0, 0.05) is 38.8 Å². The fourth-order valence-electron chi connectivity index (χ4n) is 2.62. The largest absolute Gasteiger partial charge is 0.352 e. The molecule has 1 amide bonds. The Morgan fingerprint density at radius 1 is 1.05 bits per heavy atom. The minimum Gasteiger partial charge on any atom is -0.352 e. The normalized spacial score (nSPS) is 18.4. The van der Waals surface area contributed by atoms with Crippen molar-refractivity contribution in [3.05, 3.63) is 35.9 Å². The lowest BCUT2D eigenvalue weighted by Crippen LogP contribution is -2.50. The van der Waals surface area contributed by atoms with Crippen LogP contribution in [0.2, 0.25) is 0 Å². The molecule has 1 aromatic rings. The van der Waals surface area contributed by atoms with Crippen LogP contribution in [-0.2, 0) is 11.3 Å². The van der Waals surface area contributed by atoms with Crippen LogP contribution < -0.4 is 5.32 Å². The lowest BCUT2D eigenvalue weighted by Gasteiger charge is -2.34. The summed E-state index contributed by atoms with van der Waals surface area (Å²) in [7, 11) is 0. The highest BCUT2D eigenvalue weighted by Gasteiger charge is 2.20. The van der Waals surface area contributed by atoms with Gasteiger partial charge in [0.25, 0.3) is 0 Å². The van der Waals surface area contributed by atoms with Gasteiger partial charge in [0.2, 0.25) is 5.91 Å². The number of hydrogen-bond donors (Lipinski definition) is 1. The van der Waals surface area contributed by atoms with Crippen LogP contribution in [0.5, 0.6) is 0 Å². The van der Waals surface area contributed by atoms with E-state index in [1.165, 1.54) is 5.56 Å². The van der Waals surface area contributed by atoms with E-state index in [0.29, 0.717) is 12.5 Å². The van der Waals surface area contributed by atoms with Crippen molar-refractivity contribution < 1.29 is 4.79 Å². The molecular weight excluding hydrogens is 274 g/mol. The minimum atomic E-state index is 0.151. The third-order valence-electron chi connectivity index (χ3n) is 4.47. The van der Waals surface area contributed by atoms with E-state index in [0.717, 1.165) is 32.7 Å². The Morgan fingerprint density at radius 3 is 2.23 bits per heavy atom.